The van der Waals surface area contributed by atoms with Gasteiger partial charge < -0.3 is 13.3 Å². The monoisotopic (exact) mass is 442 g/mol. The molecule has 0 bridgehead atoms. The van der Waals surface area contributed by atoms with Crippen LogP contribution in [0.2, 0.25) is 6.55 Å². The molecule has 32 heavy (non-hydrogen) atoms. The van der Waals surface area contributed by atoms with Gasteiger partial charge in [-0.1, -0.05) is 127 Å². The van der Waals surface area contributed by atoms with Crippen LogP contribution in [0.4, 0.5) is 0 Å². The molecule has 0 saturated heterocycles. The predicted octanol–water partition coefficient (Wildman–Crippen LogP) is 6.75. The number of rotatable bonds is 12. The van der Waals surface area contributed by atoms with Crippen molar-refractivity contribution in [2.24, 2.45) is 0 Å². The molecule has 0 amide bonds. The van der Waals surface area contributed by atoms with E-state index in [1.807, 2.05) is 97.6 Å². The van der Waals surface area contributed by atoms with E-state index >= 15 is 0 Å². The maximum absolute atomic E-state index is 6.10. The zero-order valence-electron chi connectivity index (χ0n) is 18.5. The van der Waals surface area contributed by atoms with Crippen LogP contribution in [0, 0.1) is 0 Å². The third-order valence-corrected chi connectivity index (χ3v) is 6.73. The minimum atomic E-state index is -2.82. The minimum Gasteiger partial charge on any atom is -0.370 e. The van der Waals surface area contributed by atoms with Crippen LogP contribution in [0.3, 0.4) is 0 Å². The first-order valence-electron chi connectivity index (χ1n) is 10.8. The third kappa shape index (κ3) is 9.00. The average Bonchev–Trinajstić information content (AvgIpc) is 2.85. The molecule has 0 spiro atoms. The summed E-state index contributed by atoms with van der Waals surface area (Å²) in [6, 6.07) is 30.5. The van der Waals surface area contributed by atoms with Gasteiger partial charge in [0.2, 0.25) is 0 Å². The molecule has 3 aromatic rings. The van der Waals surface area contributed by atoms with Gasteiger partial charge in [0.15, 0.2) is 0 Å². The summed E-state index contributed by atoms with van der Waals surface area (Å²) in [5.74, 6) is 0. The van der Waals surface area contributed by atoms with Crippen LogP contribution in [0.5, 0.6) is 0 Å². The highest BCUT2D eigenvalue weighted by molar-refractivity contribution is 6.59. The van der Waals surface area contributed by atoms with Crippen molar-refractivity contribution in [1.82, 2.24) is 0 Å². The summed E-state index contributed by atoms with van der Waals surface area (Å²) in [5, 5.41) is 0. The van der Waals surface area contributed by atoms with Gasteiger partial charge in [-0.25, -0.2) is 0 Å². The van der Waals surface area contributed by atoms with Crippen LogP contribution in [0.15, 0.2) is 109 Å². The highest BCUT2D eigenvalue weighted by Crippen LogP contribution is 2.12. The van der Waals surface area contributed by atoms with Gasteiger partial charge in [0.05, 0.1) is 19.8 Å². The smallest absolute Gasteiger partial charge is 0.370 e. The summed E-state index contributed by atoms with van der Waals surface area (Å²) in [5.41, 5.74) is 3.41. The average molecular weight is 443 g/mol. The molecular weight excluding hydrogens is 412 g/mol. The fraction of sp³-hybridized carbons (Fsp3) is 0.143. The largest absolute Gasteiger partial charge is 0.498 e. The molecule has 0 N–H and O–H groups in total. The molecule has 3 aromatic carbocycles. The van der Waals surface area contributed by atoms with E-state index in [-0.39, 0.29) is 0 Å². The fourth-order valence-corrected chi connectivity index (χ4v) is 4.42. The Hall–Kier alpha value is -3.02. The van der Waals surface area contributed by atoms with Gasteiger partial charge in [-0.05, 0) is 16.7 Å². The second-order valence-electron chi connectivity index (χ2n) is 7.23. The lowest BCUT2D eigenvalue weighted by atomic mass is 10.2. The molecular formula is C28H30O3Si. The normalized spacial score (nSPS) is 12.3. The van der Waals surface area contributed by atoms with Crippen molar-refractivity contribution in [1.29, 1.82) is 0 Å². The molecule has 164 valence electrons. The number of benzene rings is 3. The van der Waals surface area contributed by atoms with Gasteiger partial charge in [-0.2, -0.15) is 0 Å². The Morgan fingerprint density at radius 3 is 1.06 bits per heavy atom. The third-order valence-electron chi connectivity index (χ3n) is 4.65. The maximum Gasteiger partial charge on any atom is 0.498 e. The molecule has 0 aliphatic heterocycles. The predicted molar refractivity (Wildman–Crippen MR) is 136 cm³/mol. The van der Waals surface area contributed by atoms with Crippen molar-refractivity contribution in [3.63, 3.8) is 0 Å². The molecule has 0 saturated carbocycles. The fourth-order valence-electron chi connectivity index (χ4n) is 2.97. The minimum absolute atomic E-state index is 0.433. The van der Waals surface area contributed by atoms with Crippen LogP contribution in [0.1, 0.15) is 16.7 Å². The summed E-state index contributed by atoms with van der Waals surface area (Å²) in [4.78, 5) is 0. The van der Waals surface area contributed by atoms with Gasteiger partial charge in [-0.15, -0.1) is 0 Å². The topological polar surface area (TPSA) is 27.7 Å². The molecule has 0 aromatic heterocycles. The lowest BCUT2D eigenvalue weighted by Gasteiger charge is -2.24. The molecule has 0 radical (unpaired) electrons. The van der Waals surface area contributed by atoms with Crippen molar-refractivity contribution in [3.05, 3.63) is 126 Å². The molecule has 0 aliphatic carbocycles. The van der Waals surface area contributed by atoms with E-state index in [0.717, 1.165) is 16.7 Å². The molecule has 0 aliphatic rings. The van der Waals surface area contributed by atoms with Crippen LogP contribution < -0.4 is 0 Å². The van der Waals surface area contributed by atoms with Crippen molar-refractivity contribution in [3.8, 4) is 0 Å². The summed E-state index contributed by atoms with van der Waals surface area (Å²) >= 11 is 0. The van der Waals surface area contributed by atoms with Crippen molar-refractivity contribution < 1.29 is 13.3 Å². The first kappa shape index (κ1) is 23.6. The van der Waals surface area contributed by atoms with Crippen LogP contribution in [0.25, 0.3) is 18.2 Å². The summed E-state index contributed by atoms with van der Waals surface area (Å²) in [6.07, 6.45) is 12.1. The van der Waals surface area contributed by atoms with Gasteiger partial charge >= 0.3 is 8.80 Å². The summed E-state index contributed by atoms with van der Waals surface area (Å²) in [6.45, 7) is 3.24. The Kier molecular flexibility index (Phi) is 9.90. The summed E-state index contributed by atoms with van der Waals surface area (Å²) < 4.78 is 18.3. The van der Waals surface area contributed by atoms with E-state index in [2.05, 4.69) is 36.4 Å². The van der Waals surface area contributed by atoms with E-state index in [9.17, 15) is 0 Å². The molecule has 0 fully saturated rings. The SMILES string of the molecule is C[Si](OC/C=C/c1ccccc1)(OC/C=C/c1ccccc1)OC/C=C/c1ccccc1. The molecule has 0 unspecified atom stereocenters. The summed E-state index contributed by atoms with van der Waals surface area (Å²) in [7, 11) is -2.82. The molecule has 4 heteroatoms. The molecule has 0 heterocycles. The highest BCUT2D eigenvalue weighted by atomic mass is 28.4. The second-order valence-corrected chi connectivity index (χ2v) is 9.83. The van der Waals surface area contributed by atoms with Gasteiger partial charge in [0.1, 0.15) is 0 Å². The Labute approximate surface area is 192 Å². The van der Waals surface area contributed by atoms with E-state index in [4.69, 9.17) is 13.3 Å². The lowest BCUT2D eigenvalue weighted by Crippen LogP contribution is -2.42. The van der Waals surface area contributed by atoms with Crippen molar-refractivity contribution in [2.45, 2.75) is 6.55 Å². The van der Waals surface area contributed by atoms with Crippen molar-refractivity contribution in [2.75, 3.05) is 19.8 Å². The van der Waals surface area contributed by atoms with Gasteiger partial charge in [0.25, 0.3) is 0 Å². The second kappa shape index (κ2) is 13.4. The standard InChI is InChI=1S/C28H30O3Si/c1-32(29-23-11-20-26-14-5-2-6-15-26,30-24-12-21-27-16-7-3-8-17-27)31-25-13-22-28-18-9-4-10-19-28/h2-22H,23-25H2,1H3/b20-11+,21-12+,22-13+. The first-order valence-corrected chi connectivity index (χ1v) is 13.0. The van der Waals surface area contributed by atoms with Crippen molar-refractivity contribution >= 4 is 27.0 Å². The van der Waals surface area contributed by atoms with Crippen LogP contribution >= 0.6 is 0 Å². The Balaban J connectivity index is 1.54. The zero-order chi connectivity index (χ0) is 22.3. The number of hydrogen-bond donors (Lipinski definition) is 0. The molecule has 0 atom stereocenters. The first-order chi connectivity index (χ1) is 15.7. The van der Waals surface area contributed by atoms with Gasteiger partial charge in [0, 0.05) is 6.55 Å². The molecule has 3 nitrogen and oxygen atoms in total. The Morgan fingerprint density at radius 1 is 0.500 bits per heavy atom. The van der Waals surface area contributed by atoms with Crippen LogP contribution in [-0.4, -0.2) is 28.6 Å². The van der Waals surface area contributed by atoms with E-state index in [1.165, 1.54) is 0 Å². The Morgan fingerprint density at radius 2 is 0.781 bits per heavy atom. The van der Waals surface area contributed by atoms with E-state index < -0.39 is 8.80 Å². The van der Waals surface area contributed by atoms with Gasteiger partial charge in [-0.3, -0.25) is 0 Å². The van der Waals surface area contributed by atoms with Crippen LogP contribution in [-0.2, 0) is 13.3 Å². The quantitative estimate of drug-likeness (QED) is 0.291. The van der Waals surface area contributed by atoms with E-state index in [0.29, 0.717) is 19.8 Å². The number of hydrogen-bond acceptors (Lipinski definition) is 3. The molecule has 3 rings (SSSR count). The Bertz CT molecular complexity index is 853. The lowest BCUT2D eigenvalue weighted by molar-refractivity contribution is 0.0936. The highest BCUT2D eigenvalue weighted by Gasteiger charge is 2.33. The van der Waals surface area contributed by atoms with E-state index in [1.54, 1.807) is 0 Å². The zero-order valence-corrected chi connectivity index (χ0v) is 19.5. The maximum atomic E-state index is 6.10.